The van der Waals surface area contributed by atoms with Crippen LogP contribution in [0.4, 0.5) is 20.7 Å². The predicted molar refractivity (Wildman–Crippen MR) is 169 cm³/mol. The van der Waals surface area contributed by atoms with Crippen LogP contribution in [0.25, 0.3) is 22.4 Å². The fourth-order valence-electron chi connectivity index (χ4n) is 4.38. The number of carbonyl (C=O) groups is 3. The SMILES string of the molecule is COCOc1cc(F)ccc1-c1cc(-c2cccc(NC(=O)C[C@H](C)NC(=O)OC(C)(C)C)c2)c(C#N)c(NC(=O)c2ccno2)n1. The summed E-state index contributed by atoms with van der Waals surface area (Å²) in [5, 5.41) is 21.8. The van der Waals surface area contributed by atoms with Gasteiger partial charge in [-0.2, -0.15) is 5.26 Å². The zero-order valence-electron chi connectivity index (χ0n) is 26.3. The number of amides is 3. The first-order valence-corrected chi connectivity index (χ1v) is 14.4. The summed E-state index contributed by atoms with van der Waals surface area (Å²) in [7, 11) is 1.41. The van der Waals surface area contributed by atoms with Crippen LogP contribution in [0, 0.1) is 17.1 Å². The fourth-order valence-corrected chi connectivity index (χ4v) is 4.38. The van der Waals surface area contributed by atoms with E-state index in [1.54, 1.807) is 58.0 Å². The number of halogens is 1. The van der Waals surface area contributed by atoms with Crippen molar-refractivity contribution in [3.05, 3.63) is 77.9 Å². The monoisotopic (exact) mass is 644 g/mol. The predicted octanol–water partition coefficient (Wildman–Crippen LogP) is 5.89. The summed E-state index contributed by atoms with van der Waals surface area (Å²) in [6.07, 6.45) is 0.612. The Hall–Kier alpha value is -5.81. The van der Waals surface area contributed by atoms with Crippen molar-refractivity contribution in [3.8, 4) is 34.2 Å². The van der Waals surface area contributed by atoms with Gasteiger partial charge in [-0.15, -0.1) is 0 Å². The van der Waals surface area contributed by atoms with E-state index >= 15 is 0 Å². The van der Waals surface area contributed by atoms with Crippen molar-refractivity contribution < 1.29 is 37.5 Å². The van der Waals surface area contributed by atoms with Crippen LogP contribution in [-0.4, -0.2) is 53.6 Å². The van der Waals surface area contributed by atoms with Crippen LogP contribution in [0.1, 0.15) is 50.2 Å². The Labute approximate surface area is 270 Å². The molecule has 2 aromatic carbocycles. The summed E-state index contributed by atoms with van der Waals surface area (Å²) in [6.45, 7) is 6.71. The molecule has 14 heteroatoms. The number of pyridine rings is 1. The molecule has 0 saturated carbocycles. The maximum Gasteiger partial charge on any atom is 0.407 e. The number of alkyl carbamates (subject to hydrolysis) is 1. The third-order valence-corrected chi connectivity index (χ3v) is 6.29. The van der Waals surface area contributed by atoms with E-state index < -0.39 is 29.5 Å². The highest BCUT2D eigenvalue weighted by Gasteiger charge is 2.22. The van der Waals surface area contributed by atoms with Gasteiger partial charge < -0.3 is 34.7 Å². The van der Waals surface area contributed by atoms with Crippen molar-refractivity contribution in [3.63, 3.8) is 0 Å². The Morgan fingerprint density at radius 3 is 2.53 bits per heavy atom. The molecule has 0 saturated heterocycles. The standard InChI is InChI=1S/C33H33FN6O7/c1-19(37-32(43)46-33(2,3)4)13-29(41)38-22-8-6-7-20(14-22)24-16-26(23-10-9-21(34)15-28(23)45-18-44-5)39-30(25(24)17-35)40-31(42)27-11-12-36-47-27/h6-12,14-16,19H,13,18H2,1-5H3,(H,37,43)(H,38,41)(H,39,40,42)/t19-/m0/s1. The Morgan fingerprint density at radius 1 is 1.06 bits per heavy atom. The quantitative estimate of drug-likeness (QED) is 0.167. The molecule has 0 aliphatic heterocycles. The summed E-state index contributed by atoms with van der Waals surface area (Å²) in [5.74, 6) is -1.77. The molecule has 3 amide bonds. The van der Waals surface area contributed by atoms with Gasteiger partial charge in [0.1, 0.15) is 28.8 Å². The van der Waals surface area contributed by atoms with E-state index in [9.17, 15) is 24.0 Å². The third-order valence-electron chi connectivity index (χ3n) is 6.29. The summed E-state index contributed by atoms with van der Waals surface area (Å²) >= 11 is 0. The molecule has 0 aliphatic carbocycles. The van der Waals surface area contributed by atoms with Gasteiger partial charge in [-0.1, -0.05) is 17.3 Å². The van der Waals surface area contributed by atoms with Crippen molar-refractivity contribution in [1.82, 2.24) is 15.5 Å². The van der Waals surface area contributed by atoms with Gasteiger partial charge in [0.2, 0.25) is 11.7 Å². The van der Waals surface area contributed by atoms with E-state index in [1.165, 1.54) is 31.5 Å². The average Bonchev–Trinajstić information content (AvgIpc) is 3.54. The number of ether oxygens (including phenoxy) is 3. The second-order valence-electron chi connectivity index (χ2n) is 11.3. The first-order valence-electron chi connectivity index (χ1n) is 14.4. The van der Waals surface area contributed by atoms with Crippen LogP contribution in [0.5, 0.6) is 5.75 Å². The second-order valence-corrected chi connectivity index (χ2v) is 11.3. The zero-order chi connectivity index (χ0) is 34.1. The number of aromatic nitrogens is 2. The molecule has 0 unspecified atom stereocenters. The number of nitriles is 1. The van der Waals surface area contributed by atoms with Crippen molar-refractivity contribution >= 4 is 29.4 Å². The van der Waals surface area contributed by atoms with Gasteiger partial charge in [0.15, 0.2) is 12.6 Å². The molecule has 2 heterocycles. The lowest BCUT2D eigenvalue weighted by Crippen LogP contribution is -2.39. The molecule has 4 rings (SSSR count). The van der Waals surface area contributed by atoms with E-state index in [-0.39, 0.29) is 47.7 Å². The maximum absolute atomic E-state index is 14.2. The Morgan fingerprint density at radius 2 is 1.85 bits per heavy atom. The molecule has 0 bridgehead atoms. The van der Waals surface area contributed by atoms with Gasteiger partial charge in [-0.25, -0.2) is 14.2 Å². The minimum atomic E-state index is -0.709. The van der Waals surface area contributed by atoms with Crippen molar-refractivity contribution in [1.29, 1.82) is 5.26 Å². The van der Waals surface area contributed by atoms with Gasteiger partial charge in [0.25, 0.3) is 5.91 Å². The molecule has 244 valence electrons. The molecular formula is C33H33FN6O7. The van der Waals surface area contributed by atoms with Gasteiger partial charge in [0, 0.05) is 48.5 Å². The summed E-state index contributed by atoms with van der Waals surface area (Å²) in [4.78, 5) is 42.4. The molecule has 0 aliphatic rings. The molecule has 13 nitrogen and oxygen atoms in total. The largest absolute Gasteiger partial charge is 0.467 e. The van der Waals surface area contributed by atoms with Gasteiger partial charge in [0.05, 0.1) is 11.9 Å². The van der Waals surface area contributed by atoms with E-state index in [4.69, 9.17) is 18.7 Å². The first kappa shape index (κ1) is 34.1. The molecule has 4 aromatic rings. The lowest BCUT2D eigenvalue weighted by molar-refractivity contribution is -0.116. The molecule has 0 spiro atoms. The third kappa shape index (κ3) is 9.35. The van der Waals surface area contributed by atoms with Crippen molar-refractivity contribution in [2.24, 2.45) is 0 Å². The molecule has 1 atom stereocenters. The number of rotatable bonds is 11. The number of hydrogen-bond acceptors (Lipinski definition) is 10. The zero-order valence-corrected chi connectivity index (χ0v) is 26.3. The number of carbonyl (C=O) groups excluding carboxylic acids is 3. The number of nitrogens with one attached hydrogen (secondary N) is 3. The minimum Gasteiger partial charge on any atom is -0.467 e. The van der Waals surface area contributed by atoms with E-state index in [0.717, 1.165) is 6.07 Å². The number of hydrogen-bond donors (Lipinski definition) is 3. The maximum atomic E-state index is 14.2. The number of benzene rings is 2. The molecule has 2 aromatic heterocycles. The molecule has 0 fully saturated rings. The van der Waals surface area contributed by atoms with Crippen LogP contribution in [0.2, 0.25) is 0 Å². The molecule has 47 heavy (non-hydrogen) atoms. The summed E-state index contributed by atoms with van der Waals surface area (Å²) in [6, 6.07) is 15.0. The smallest absolute Gasteiger partial charge is 0.407 e. The molecule has 0 radical (unpaired) electrons. The lowest BCUT2D eigenvalue weighted by Gasteiger charge is -2.21. The Balaban J connectivity index is 1.70. The van der Waals surface area contributed by atoms with Gasteiger partial charge in [-0.05, 0) is 63.6 Å². The summed E-state index contributed by atoms with van der Waals surface area (Å²) < 4.78 is 35.0. The van der Waals surface area contributed by atoms with Crippen LogP contribution in [0.15, 0.2) is 65.3 Å². The van der Waals surface area contributed by atoms with Crippen LogP contribution < -0.4 is 20.7 Å². The van der Waals surface area contributed by atoms with E-state index in [0.29, 0.717) is 22.4 Å². The van der Waals surface area contributed by atoms with Crippen LogP contribution in [0.3, 0.4) is 0 Å². The van der Waals surface area contributed by atoms with Gasteiger partial charge >= 0.3 is 6.09 Å². The fraction of sp³-hybridized carbons (Fsp3) is 0.273. The van der Waals surface area contributed by atoms with E-state index in [1.807, 2.05) is 0 Å². The van der Waals surface area contributed by atoms with Crippen molar-refractivity contribution in [2.45, 2.75) is 45.8 Å². The first-order chi connectivity index (χ1) is 22.4. The Bertz CT molecular complexity index is 1800. The highest BCUT2D eigenvalue weighted by atomic mass is 19.1. The van der Waals surface area contributed by atoms with Crippen LogP contribution >= 0.6 is 0 Å². The Kier molecular flexibility index (Phi) is 10.9. The second kappa shape index (κ2) is 15.0. The summed E-state index contributed by atoms with van der Waals surface area (Å²) in [5.41, 5.74) is 1.12. The number of anilines is 2. The highest BCUT2D eigenvalue weighted by molar-refractivity contribution is 6.03. The minimum absolute atomic E-state index is 0.00162. The normalized spacial score (nSPS) is 11.6. The van der Waals surface area contributed by atoms with E-state index in [2.05, 4.69) is 32.2 Å². The topological polar surface area (TPSA) is 178 Å². The number of methoxy groups -OCH3 is 1. The highest BCUT2D eigenvalue weighted by Crippen LogP contribution is 2.37. The van der Waals surface area contributed by atoms with Gasteiger partial charge in [-0.3, -0.25) is 9.59 Å². The van der Waals surface area contributed by atoms with Crippen LogP contribution in [-0.2, 0) is 14.3 Å². The van der Waals surface area contributed by atoms with Crippen molar-refractivity contribution in [2.75, 3.05) is 24.5 Å². The number of nitrogens with zero attached hydrogens (tertiary/aromatic N) is 3. The molecule has 3 N–H and O–H groups in total. The molecular weight excluding hydrogens is 611 g/mol. The lowest BCUT2D eigenvalue weighted by atomic mass is 9.97. The average molecular weight is 645 g/mol.